The van der Waals surface area contributed by atoms with Crippen LogP contribution in [0.25, 0.3) is 0 Å². The van der Waals surface area contributed by atoms with E-state index in [1.165, 1.54) is 11.0 Å². The number of carboxylic acid groups (broad SMARTS) is 1. The van der Waals surface area contributed by atoms with Crippen molar-refractivity contribution in [2.45, 2.75) is 31.8 Å². The van der Waals surface area contributed by atoms with Crippen LogP contribution in [0.3, 0.4) is 0 Å². The molecule has 1 atom stereocenters. The monoisotopic (exact) mass is 290 g/mol. The molecule has 1 fully saturated rings. The molecule has 1 aromatic carbocycles. The van der Waals surface area contributed by atoms with Gasteiger partial charge < -0.3 is 15.5 Å². The highest BCUT2D eigenvalue weighted by Crippen LogP contribution is 2.41. The number of nitrogens with one attached hydrogen (secondary N) is 1. The third-order valence-electron chi connectivity index (χ3n) is 3.57. The Kier molecular flexibility index (Phi) is 3.88. The lowest BCUT2D eigenvalue weighted by Gasteiger charge is -2.53. The highest BCUT2D eigenvalue weighted by molar-refractivity contribution is 6.02. The van der Waals surface area contributed by atoms with Gasteiger partial charge in [0, 0.05) is 12.0 Å². The van der Waals surface area contributed by atoms with Crippen LogP contribution in [0.4, 0.5) is 10.5 Å². The Labute approximate surface area is 122 Å². The number of amides is 2. The summed E-state index contributed by atoms with van der Waals surface area (Å²) in [5.74, 6) is -1.11. The quantitative estimate of drug-likeness (QED) is 0.702. The first-order valence-corrected chi connectivity index (χ1v) is 6.72. The number of aliphatic carboxylic acids is 1. The van der Waals surface area contributed by atoms with Crippen LogP contribution < -0.4 is 10.2 Å². The molecule has 0 bridgehead atoms. The van der Waals surface area contributed by atoms with Crippen molar-refractivity contribution in [1.82, 2.24) is 5.32 Å². The third-order valence-corrected chi connectivity index (χ3v) is 3.57. The van der Waals surface area contributed by atoms with Gasteiger partial charge in [-0.05, 0) is 18.6 Å². The molecule has 2 rings (SSSR count). The molecule has 1 aliphatic rings. The molecule has 3 N–H and O–H groups in total. The summed E-state index contributed by atoms with van der Waals surface area (Å²) < 4.78 is 0. The van der Waals surface area contributed by atoms with Gasteiger partial charge in [-0.15, -0.1) is 0 Å². The van der Waals surface area contributed by atoms with E-state index in [0.29, 0.717) is 12.1 Å². The molecule has 0 saturated carbocycles. The second-order valence-electron chi connectivity index (χ2n) is 5.12. The number of benzene rings is 1. The number of aromatic hydroxyl groups is 1. The van der Waals surface area contributed by atoms with Gasteiger partial charge in [0.2, 0.25) is 0 Å². The second-order valence-corrected chi connectivity index (χ2v) is 5.12. The zero-order valence-electron chi connectivity index (χ0n) is 11.8. The van der Waals surface area contributed by atoms with Gasteiger partial charge in [0.05, 0.1) is 5.69 Å². The molecule has 1 saturated heterocycles. The largest absolute Gasteiger partial charge is 0.506 e. The standard InChI is InChI=1S/C15H18N2O4/c1-3-8-15(9-10(2)13(19)20)16-14(21)17(15)11-6-4-5-7-12(11)18/h4-7,18H,2-3,8-9H2,1H3,(H,16,21)(H,19,20). The van der Waals surface area contributed by atoms with Crippen LogP contribution in [-0.2, 0) is 4.79 Å². The number of phenolic OH excluding ortho intramolecular Hbond substituents is 1. The van der Waals surface area contributed by atoms with Gasteiger partial charge in [-0.25, -0.2) is 9.59 Å². The number of carbonyl (C=O) groups is 2. The summed E-state index contributed by atoms with van der Waals surface area (Å²) in [6, 6.07) is 6.13. The maximum absolute atomic E-state index is 12.0. The maximum atomic E-state index is 12.0. The molecule has 0 spiro atoms. The smallest absolute Gasteiger partial charge is 0.331 e. The Morgan fingerprint density at radius 1 is 1.43 bits per heavy atom. The van der Waals surface area contributed by atoms with Gasteiger partial charge in [0.25, 0.3) is 0 Å². The highest BCUT2D eigenvalue weighted by Gasteiger charge is 2.51. The summed E-state index contributed by atoms with van der Waals surface area (Å²) in [7, 11) is 0. The minimum atomic E-state index is -1.09. The molecule has 1 aromatic rings. The summed E-state index contributed by atoms with van der Waals surface area (Å²) in [6.07, 6.45) is 1.40. The molecular formula is C15H18N2O4. The molecule has 1 heterocycles. The van der Waals surface area contributed by atoms with Crippen LogP contribution in [-0.4, -0.2) is 27.9 Å². The van der Waals surface area contributed by atoms with Crippen molar-refractivity contribution >= 4 is 17.7 Å². The van der Waals surface area contributed by atoms with Gasteiger partial charge in [0.1, 0.15) is 11.4 Å². The third kappa shape index (κ3) is 2.56. The van der Waals surface area contributed by atoms with Crippen LogP contribution in [0.15, 0.2) is 36.4 Å². The maximum Gasteiger partial charge on any atom is 0.331 e. The van der Waals surface area contributed by atoms with Gasteiger partial charge >= 0.3 is 12.0 Å². The normalized spacial score (nSPS) is 20.6. The molecule has 6 heteroatoms. The van der Waals surface area contributed by atoms with Crippen molar-refractivity contribution in [2.75, 3.05) is 4.90 Å². The van der Waals surface area contributed by atoms with Crippen molar-refractivity contribution in [1.29, 1.82) is 0 Å². The minimum Gasteiger partial charge on any atom is -0.506 e. The average Bonchev–Trinajstić information content (AvgIpc) is 2.41. The molecule has 1 unspecified atom stereocenters. The van der Waals surface area contributed by atoms with Gasteiger partial charge in [0.15, 0.2) is 0 Å². The highest BCUT2D eigenvalue weighted by atomic mass is 16.4. The number of phenols is 1. The first kappa shape index (κ1) is 14.9. The molecule has 0 aromatic heterocycles. The lowest BCUT2D eigenvalue weighted by Crippen LogP contribution is -2.76. The fourth-order valence-electron chi connectivity index (χ4n) is 2.67. The van der Waals surface area contributed by atoms with E-state index in [9.17, 15) is 14.7 Å². The molecule has 0 aliphatic carbocycles. The number of anilines is 1. The second kappa shape index (κ2) is 5.47. The summed E-state index contributed by atoms with van der Waals surface area (Å²) in [5.41, 5.74) is -0.461. The number of hydrogen-bond acceptors (Lipinski definition) is 3. The SMILES string of the molecule is C=C(CC1(CCC)NC(=O)N1c1ccccc1O)C(=O)O. The van der Waals surface area contributed by atoms with Crippen molar-refractivity contribution in [3.8, 4) is 5.75 Å². The zero-order chi connectivity index (χ0) is 15.6. The van der Waals surface area contributed by atoms with Gasteiger partial charge in [-0.1, -0.05) is 32.1 Å². The number of rotatable bonds is 6. The number of para-hydroxylation sites is 2. The zero-order valence-corrected chi connectivity index (χ0v) is 11.8. The van der Waals surface area contributed by atoms with E-state index in [-0.39, 0.29) is 23.8 Å². The van der Waals surface area contributed by atoms with E-state index in [4.69, 9.17) is 5.11 Å². The van der Waals surface area contributed by atoms with E-state index in [2.05, 4.69) is 11.9 Å². The summed E-state index contributed by atoms with van der Waals surface area (Å²) in [6.45, 7) is 5.48. The number of hydrogen-bond donors (Lipinski definition) is 3. The topological polar surface area (TPSA) is 89.9 Å². The molecule has 0 radical (unpaired) electrons. The lowest BCUT2D eigenvalue weighted by molar-refractivity contribution is -0.133. The fraction of sp³-hybridized carbons (Fsp3) is 0.333. The number of nitrogens with zero attached hydrogens (tertiary/aromatic N) is 1. The number of carboxylic acids is 1. The molecule has 6 nitrogen and oxygen atoms in total. The molecule has 2 amide bonds. The van der Waals surface area contributed by atoms with Crippen molar-refractivity contribution in [3.63, 3.8) is 0 Å². The number of urea groups is 1. The van der Waals surface area contributed by atoms with Crippen LogP contribution in [0.1, 0.15) is 26.2 Å². The predicted octanol–water partition coefficient (Wildman–Crippen LogP) is 2.45. The van der Waals surface area contributed by atoms with Crippen molar-refractivity contribution < 1.29 is 19.8 Å². The van der Waals surface area contributed by atoms with Crippen LogP contribution in [0, 0.1) is 0 Å². The predicted molar refractivity (Wildman–Crippen MR) is 78.1 cm³/mol. The Hall–Kier alpha value is -2.50. The van der Waals surface area contributed by atoms with Gasteiger partial charge in [-0.3, -0.25) is 4.90 Å². The van der Waals surface area contributed by atoms with E-state index in [1.54, 1.807) is 18.2 Å². The van der Waals surface area contributed by atoms with Crippen LogP contribution in [0.5, 0.6) is 5.75 Å². The first-order valence-electron chi connectivity index (χ1n) is 6.72. The van der Waals surface area contributed by atoms with Crippen LogP contribution >= 0.6 is 0 Å². The molecule has 112 valence electrons. The van der Waals surface area contributed by atoms with E-state index >= 15 is 0 Å². The lowest BCUT2D eigenvalue weighted by atomic mass is 9.89. The summed E-state index contributed by atoms with van der Waals surface area (Å²) in [5, 5.41) is 21.7. The Morgan fingerprint density at radius 2 is 2.10 bits per heavy atom. The van der Waals surface area contributed by atoms with Crippen molar-refractivity contribution in [3.05, 3.63) is 36.4 Å². The molecule has 21 heavy (non-hydrogen) atoms. The summed E-state index contributed by atoms with van der Waals surface area (Å²) in [4.78, 5) is 24.4. The number of carbonyl (C=O) groups excluding carboxylic acids is 1. The Balaban J connectivity index is 2.37. The molecule has 1 aliphatic heterocycles. The fourth-order valence-corrected chi connectivity index (χ4v) is 2.67. The Bertz CT molecular complexity index is 599. The van der Waals surface area contributed by atoms with E-state index in [1.807, 2.05) is 6.92 Å². The van der Waals surface area contributed by atoms with Crippen LogP contribution in [0.2, 0.25) is 0 Å². The van der Waals surface area contributed by atoms with Crippen molar-refractivity contribution in [2.24, 2.45) is 0 Å². The molecular weight excluding hydrogens is 272 g/mol. The van der Waals surface area contributed by atoms with E-state index < -0.39 is 11.6 Å². The first-order chi connectivity index (χ1) is 9.91. The van der Waals surface area contributed by atoms with E-state index in [0.717, 1.165) is 6.42 Å². The summed E-state index contributed by atoms with van der Waals surface area (Å²) >= 11 is 0. The Morgan fingerprint density at radius 3 is 2.62 bits per heavy atom. The van der Waals surface area contributed by atoms with Gasteiger partial charge in [-0.2, -0.15) is 0 Å². The average molecular weight is 290 g/mol. The minimum absolute atomic E-state index is 0.0175.